The second-order valence-corrected chi connectivity index (χ2v) is 5.30. The van der Waals surface area contributed by atoms with Gasteiger partial charge in [0.05, 0.1) is 13.5 Å². The number of hydrogen-bond acceptors (Lipinski definition) is 2. The Balaban J connectivity index is 2.03. The number of aryl methyl sites for hydroxylation is 2. The van der Waals surface area contributed by atoms with Crippen molar-refractivity contribution in [2.45, 2.75) is 32.3 Å². The zero-order valence-electron chi connectivity index (χ0n) is 13.4. The quantitative estimate of drug-likeness (QED) is 0.649. The Morgan fingerprint density at radius 1 is 0.875 bits per heavy atom. The molecule has 2 nitrogen and oxygen atoms in total. The second kappa shape index (κ2) is 7.55. The molecule has 2 aromatic carbocycles. The van der Waals surface area contributed by atoms with Crippen molar-refractivity contribution in [1.29, 1.82) is 0 Å². The molecule has 0 amide bonds. The second-order valence-electron chi connectivity index (χ2n) is 5.30. The zero-order chi connectivity index (χ0) is 17.7. The summed E-state index contributed by atoms with van der Waals surface area (Å²) in [5.74, 6) is -4.08. The van der Waals surface area contributed by atoms with Crippen molar-refractivity contribution in [3.63, 3.8) is 0 Å². The highest BCUT2D eigenvalue weighted by Gasteiger charge is 2.33. The van der Waals surface area contributed by atoms with Gasteiger partial charge in [-0.1, -0.05) is 31.2 Å². The van der Waals surface area contributed by atoms with Crippen LogP contribution >= 0.6 is 0 Å². The number of methoxy groups -OCH3 is 1. The Morgan fingerprint density at radius 3 is 2.00 bits per heavy atom. The number of halogens is 4. The highest BCUT2D eigenvalue weighted by molar-refractivity contribution is 5.35. The molecule has 0 aliphatic carbocycles. The maximum Gasteiger partial charge on any atom is 0.398 e. The third-order valence-electron chi connectivity index (χ3n) is 3.63. The fourth-order valence-electron chi connectivity index (χ4n) is 2.19. The van der Waals surface area contributed by atoms with Crippen LogP contribution in [0.3, 0.4) is 0 Å². The van der Waals surface area contributed by atoms with Crippen molar-refractivity contribution in [3.8, 4) is 11.5 Å². The van der Waals surface area contributed by atoms with Crippen LogP contribution in [-0.4, -0.2) is 13.2 Å². The first-order valence-electron chi connectivity index (χ1n) is 7.53. The SMILES string of the molecule is CCc1ccc(CCC(F)(F)Oc2ccc(OC)c(F)c2F)cc1. The summed E-state index contributed by atoms with van der Waals surface area (Å²) in [5.41, 5.74) is 1.83. The minimum absolute atomic E-state index is 0.0528. The van der Waals surface area contributed by atoms with E-state index in [1.54, 1.807) is 12.1 Å². The van der Waals surface area contributed by atoms with Crippen LogP contribution in [0, 0.1) is 11.6 Å². The summed E-state index contributed by atoms with van der Waals surface area (Å²) in [6.07, 6.45) is -3.35. The van der Waals surface area contributed by atoms with Crippen LogP contribution in [0.1, 0.15) is 24.5 Å². The minimum atomic E-state index is -3.62. The van der Waals surface area contributed by atoms with E-state index in [2.05, 4.69) is 9.47 Å². The molecule has 0 radical (unpaired) electrons. The summed E-state index contributed by atoms with van der Waals surface area (Å²) in [5, 5.41) is 0. The van der Waals surface area contributed by atoms with Gasteiger partial charge in [-0.3, -0.25) is 0 Å². The predicted molar refractivity (Wildman–Crippen MR) is 82.6 cm³/mol. The maximum atomic E-state index is 13.9. The molecule has 6 heteroatoms. The molecule has 0 heterocycles. The van der Waals surface area contributed by atoms with Crippen LogP contribution in [0.25, 0.3) is 0 Å². The summed E-state index contributed by atoms with van der Waals surface area (Å²) < 4.78 is 64.0. The Hall–Kier alpha value is -2.24. The minimum Gasteiger partial charge on any atom is -0.494 e. The van der Waals surface area contributed by atoms with E-state index in [9.17, 15) is 17.6 Å². The molecular formula is C18H18F4O2. The molecule has 0 N–H and O–H groups in total. The number of alkyl halides is 2. The van der Waals surface area contributed by atoms with Gasteiger partial charge in [-0.25, -0.2) is 0 Å². The van der Waals surface area contributed by atoms with Crippen LogP contribution in [0.2, 0.25) is 0 Å². The molecule has 0 saturated heterocycles. The first-order chi connectivity index (χ1) is 11.4. The van der Waals surface area contributed by atoms with Gasteiger partial charge < -0.3 is 9.47 Å². The molecule has 0 aliphatic heterocycles. The van der Waals surface area contributed by atoms with E-state index >= 15 is 0 Å². The number of hydrogen-bond donors (Lipinski definition) is 0. The third-order valence-corrected chi connectivity index (χ3v) is 3.63. The van der Waals surface area contributed by atoms with Crippen molar-refractivity contribution in [2.75, 3.05) is 7.11 Å². The highest BCUT2D eigenvalue weighted by atomic mass is 19.3. The highest BCUT2D eigenvalue weighted by Crippen LogP contribution is 2.32. The van der Waals surface area contributed by atoms with E-state index in [-0.39, 0.29) is 12.2 Å². The lowest BCUT2D eigenvalue weighted by atomic mass is 10.1. The topological polar surface area (TPSA) is 18.5 Å². The molecule has 24 heavy (non-hydrogen) atoms. The van der Waals surface area contributed by atoms with Crippen LogP contribution in [-0.2, 0) is 12.8 Å². The van der Waals surface area contributed by atoms with E-state index < -0.39 is 29.9 Å². The van der Waals surface area contributed by atoms with E-state index in [1.165, 1.54) is 0 Å². The molecule has 0 saturated carbocycles. The fourth-order valence-corrected chi connectivity index (χ4v) is 2.19. The number of ether oxygens (including phenoxy) is 2. The first-order valence-corrected chi connectivity index (χ1v) is 7.53. The van der Waals surface area contributed by atoms with Gasteiger partial charge in [-0.15, -0.1) is 0 Å². The maximum absolute atomic E-state index is 13.9. The molecule has 130 valence electrons. The molecule has 0 bridgehead atoms. The standard InChI is InChI=1S/C18H18F4O2/c1-3-12-4-6-13(7-5-12)10-11-18(21,22)24-15-9-8-14(23-2)16(19)17(15)20/h4-9H,3,10-11H2,1-2H3. The molecule has 2 rings (SSSR count). The monoisotopic (exact) mass is 342 g/mol. The van der Waals surface area contributed by atoms with Crippen LogP contribution < -0.4 is 9.47 Å². The van der Waals surface area contributed by atoms with Crippen molar-refractivity contribution in [2.24, 2.45) is 0 Å². The lowest BCUT2D eigenvalue weighted by molar-refractivity contribution is -0.181. The molecule has 2 aromatic rings. The lowest BCUT2D eigenvalue weighted by Crippen LogP contribution is -2.26. The van der Waals surface area contributed by atoms with Gasteiger partial charge in [0.25, 0.3) is 0 Å². The Morgan fingerprint density at radius 2 is 1.42 bits per heavy atom. The Labute approximate surface area is 138 Å². The smallest absolute Gasteiger partial charge is 0.398 e. The summed E-state index contributed by atoms with van der Waals surface area (Å²) in [6, 6.07) is 9.22. The lowest BCUT2D eigenvalue weighted by Gasteiger charge is -2.19. The zero-order valence-corrected chi connectivity index (χ0v) is 13.4. The molecule has 0 spiro atoms. The molecule has 0 unspecified atom stereocenters. The third kappa shape index (κ3) is 4.40. The summed E-state index contributed by atoms with van der Waals surface area (Å²) in [4.78, 5) is 0. The van der Waals surface area contributed by atoms with Gasteiger partial charge >= 0.3 is 6.11 Å². The van der Waals surface area contributed by atoms with Gasteiger partial charge in [0.2, 0.25) is 11.6 Å². The van der Waals surface area contributed by atoms with Crippen molar-refractivity contribution < 1.29 is 27.0 Å². The van der Waals surface area contributed by atoms with Crippen molar-refractivity contribution in [1.82, 2.24) is 0 Å². The van der Waals surface area contributed by atoms with Crippen molar-refractivity contribution in [3.05, 3.63) is 59.2 Å². The van der Waals surface area contributed by atoms with E-state index in [1.807, 2.05) is 19.1 Å². The van der Waals surface area contributed by atoms with Crippen molar-refractivity contribution >= 4 is 0 Å². The number of benzene rings is 2. The van der Waals surface area contributed by atoms with Gasteiger partial charge in [0, 0.05) is 0 Å². The summed E-state index contributed by atoms with van der Waals surface area (Å²) >= 11 is 0. The normalized spacial score (nSPS) is 11.4. The van der Waals surface area contributed by atoms with Crippen LogP contribution in [0.5, 0.6) is 11.5 Å². The van der Waals surface area contributed by atoms with Crippen LogP contribution in [0.4, 0.5) is 17.6 Å². The fraction of sp³-hybridized carbons (Fsp3) is 0.333. The van der Waals surface area contributed by atoms with Gasteiger partial charge in [0.15, 0.2) is 11.5 Å². The molecule has 0 atom stereocenters. The Kier molecular flexibility index (Phi) is 5.70. The predicted octanol–water partition coefficient (Wildman–Crippen LogP) is 5.14. The molecule has 0 aliphatic rings. The largest absolute Gasteiger partial charge is 0.494 e. The number of rotatable bonds is 7. The van der Waals surface area contributed by atoms with Gasteiger partial charge in [0.1, 0.15) is 0 Å². The van der Waals surface area contributed by atoms with E-state index in [0.29, 0.717) is 0 Å². The molecule has 0 fully saturated rings. The van der Waals surface area contributed by atoms with Gasteiger partial charge in [-0.05, 0) is 36.1 Å². The van der Waals surface area contributed by atoms with Crippen LogP contribution in [0.15, 0.2) is 36.4 Å². The summed E-state index contributed by atoms with van der Waals surface area (Å²) in [7, 11) is 1.15. The van der Waals surface area contributed by atoms with Gasteiger partial charge in [-0.2, -0.15) is 17.6 Å². The molecule has 0 aromatic heterocycles. The van der Waals surface area contributed by atoms with E-state index in [4.69, 9.17) is 0 Å². The summed E-state index contributed by atoms with van der Waals surface area (Å²) in [6.45, 7) is 2.00. The molecular weight excluding hydrogens is 324 g/mol. The average Bonchev–Trinajstić information content (AvgIpc) is 2.58. The first kappa shape index (κ1) is 18.1. The van der Waals surface area contributed by atoms with E-state index in [0.717, 1.165) is 36.8 Å². The average molecular weight is 342 g/mol. The Bertz CT molecular complexity index is 684.